The van der Waals surface area contributed by atoms with E-state index < -0.39 is 0 Å². The van der Waals surface area contributed by atoms with Crippen molar-refractivity contribution in [3.8, 4) is 0 Å². The van der Waals surface area contributed by atoms with E-state index in [0.717, 1.165) is 36.6 Å². The van der Waals surface area contributed by atoms with Gasteiger partial charge in [-0.05, 0) is 56.4 Å². The first-order valence-corrected chi connectivity index (χ1v) is 9.08. The van der Waals surface area contributed by atoms with Gasteiger partial charge in [-0.25, -0.2) is 4.98 Å². The fraction of sp³-hybridized carbons (Fsp3) is 0.273. The Labute approximate surface area is 155 Å². The molecule has 0 aliphatic rings. The highest BCUT2D eigenvalue weighted by Gasteiger charge is 2.05. The Morgan fingerprint density at radius 3 is 2.50 bits per heavy atom. The fourth-order valence-electron chi connectivity index (χ4n) is 2.87. The summed E-state index contributed by atoms with van der Waals surface area (Å²) in [5.41, 5.74) is 5.88. The third-order valence-electron chi connectivity index (χ3n) is 4.49. The van der Waals surface area contributed by atoms with Gasteiger partial charge in [-0.15, -0.1) is 0 Å². The molecule has 2 aromatic carbocycles. The van der Waals surface area contributed by atoms with Crippen LogP contribution < -0.4 is 10.6 Å². The molecule has 3 aromatic rings. The average molecular weight is 346 g/mol. The van der Waals surface area contributed by atoms with Gasteiger partial charge < -0.3 is 10.6 Å². The molecule has 0 saturated carbocycles. The van der Waals surface area contributed by atoms with E-state index >= 15 is 0 Å². The average Bonchev–Trinajstić information content (AvgIpc) is 2.63. The number of aryl methyl sites for hydroxylation is 3. The lowest BCUT2D eigenvalue weighted by Gasteiger charge is -2.13. The van der Waals surface area contributed by atoms with Gasteiger partial charge in [0.25, 0.3) is 0 Å². The molecule has 0 fully saturated rings. The van der Waals surface area contributed by atoms with Gasteiger partial charge >= 0.3 is 0 Å². The van der Waals surface area contributed by atoms with Crippen LogP contribution in [0.5, 0.6) is 0 Å². The predicted molar refractivity (Wildman–Crippen MR) is 109 cm³/mol. The molecule has 0 aliphatic heterocycles. The molecule has 0 radical (unpaired) electrons. The van der Waals surface area contributed by atoms with E-state index in [0.29, 0.717) is 5.95 Å². The molecule has 3 rings (SSSR count). The smallest absolute Gasteiger partial charge is 0.224 e. The van der Waals surface area contributed by atoms with Crippen LogP contribution in [0.1, 0.15) is 28.8 Å². The molecule has 1 aromatic heterocycles. The number of anilines is 3. The molecule has 4 nitrogen and oxygen atoms in total. The van der Waals surface area contributed by atoms with Crippen molar-refractivity contribution in [2.24, 2.45) is 0 Å². The Bertz CT molecular complexity index is 859. The first-order chi connectivity index (χ1) is 12.6. The third-order valence-corrected chi connectivity index (χ3v) is 4.49. The molecular weight excluding hydrogens is 320 g/mol. The van der Waals surface area contributed by atoms with Crippen LogP contribution in [0.2, 0.25) is 0 Å². The Morgan fingerprint density at radius 2 is 1.69 bits per heavy atom. The second-order valence-corrected chi connectivity index (χ2v) is 6.61. The molecule has 0 aliphatic carbocycles. The van der Waals surface area contributed by atoms with E-state index in [4.69, 9.17) is 0 Å². The molecule has 26 heavy (non-hydrogen) atoms. The normalized spacial score (nSPS) is 10.6. The largest absolute Gasteiger partial charge is 0.354 e. The van der Waals surface area contributed by atoms with Gasteiger partial charge in [-0.1, -0.05) is 42.5 Å². The Morgan fingerprint density at radius 1 is 0.885 bits per heavy atom. The standard InChI is InChI=1S/C22H26N4/c1-16-9-7-13-20(18(16)3)25-21-15-17(2)24-22(26-21)23-14-8-12-19-10-5-4-6-11-19/h4-7,9-11,13,15H,8,12,14H2,1-3H3,(H2,23,24,25,26). The van der Waals surface area contributed by atoms with Gasteiger partial charge in [0.1, 0.15) is 5.82 Å². The van der Waals surface area contributed by atoms with Crippen LogP contribution in [0, 0.1) is 20.8 Å². The number of nitrogens with zero attached hydrogens (tertiary/aromatic N) is 2. The summed E-state index contributed by atoms with van der Waals surface area (Å²) in [6.45, 7) is 7.08. The summed E-state index contributed by atoms with van der Waals surface area (Å²) in [6, 6.07) is 18.8. The summed E-state index contributed by atoms with van der Waals surface area (Å²) < 4.78 is 0. The summed E-state index contributed by atoms with van der Waals surface area (Å²) in [7, 11) is 0. The summed E-state index contributed by atoms with van der Waals surface area (Å²) >= 11 is 0. The van der Waals surface area contributed by atoms with Crippen molar-refractivity contribution < 1.29 is 0 Å². The van der Waals surface area contributed by atoms with Crippen molar-refractivity contribution in [2.75, 3.05) is 17.2 Å². The van der Waals surface area contributed by atoms with Crippen LogP contribution in [0.3, 0.4) is 0 Å². The molecule has 1 heterocycles. The van der Waals surface area contributed by atoms with E-state index in [1.807, 2.05) is 19.1 Å². The Kier molecular flexibility index (Phi) is 5.84. The lowest BCUT2D eigenvalue weighted by Crippen LogP contribution is -2.08. The van der Waals surface area contributed by atoms with Crippen LogP contribution in [0.15, 0.2) is 54.6 Å². The summed E-state index contributed by atoms with van der Waals surface area (Å²) in [5.74, 6) is 1.49. The quantitative estimate of drug-likeness (QED) is 0.578. The molecule has 0 unspecified atom stereocenters. The molecular formula is C22H26N4. The van der Waals surface area contributed by atoms with Gasteiger partial charge in [0.2, 0.25) is 5.95 Å². The van der Waals surface area contributed by atoms with Crippen LogP contribution in [-0.2, 0) is 6.42 Å². The van der Waals surface area contributed by atoms with Crippen LogP contribution in [0.25, 0.3) is 0 Å². The van der Waals surface area contributed by atoms with Crippen molar-refractivity contribution in [3.63, 3.8) is 0 Å². The van der Waals surface area contributed by atoms with E-state index in [1.165, 1.54) is 16.7 Å². The van der Waals surface area contributed by atoms with Crippen LogP contribution in [0.4, 0.5) is 17.5 Å². The number of rotatable bonds is 7. The minimum Gasteiger partial charge on any atom is -0.354 e. The number of hydrogen-bond acceptors (Lipinski definition) is 4. The highest BCUT2D eigenvalue weighted by Crippen LogP contribution is 2.22. The lowest BCUT2D eigenvalue weighted by atomic mass is 10.1. The van der Waals surface area contributed by atoms with Crippen LogP contribution in [-0.4, -0.2) is 16.5 Å². The minimum absolute atomic E-state index is 0.672. The maximum Gasteiger partial charge on any atom is 0.224 e. The topological polar surface area (TPSA) is 49.8 Å². The van der Waals surface area contributed by atoms with E-state index in [9.17, 15) is 0 Å². The van der Waals surface area contributed by atoms with Gasteiger partial charge in [-0.2, -0.15) is 4.98 Å². The monoisotopic (exact) mass is 346 g/mol. The lowest BCUT2D eigenvalue weighted by molar-refractivity contribution is 0.851. The van der Waals surface area contributed by atoms with Gasteiger partial charge in [0.05, 0.1) is 0 Å². The molecule has 2 N–H and O–H groups in total. The maximum absolute atomic E-state index is 4.61. The number of benzene rings is 2. The second-order valence-electron chi connectivity index (χ2n) is 6.61. The maximum atomic E-state index is 4.61. The summed E-state index contributed by atoms with van der Waals surface area (Å²) in [4.78, 5) is 9.11. The first kappa shape index (κ1) is 17.9. The zero-order valence-electron chi connectivity index (χ0n) is 15.7. The number of aromatic nitrogens is 2. The van der Waals surface area contributed by atoms with E-state index in [2.05, 4.69) is 76.9 Å². The Hall–Kier alpha value is -2.88. The zero-order chi connectivity index (χ0) is 18.4. The number of nitrogens with one attached hydrogen (secondary N) is 2. The highest BCUT2D eigenvalue weighted by molar-refractivity contribution is 5.62. The summed E-state index contributed by atoms with van der Waals surface area (Å²) in [5, 5.41) is 6.77. The molecule has 0 spiro atoms. The van der Waals surface area contributed by atoms with Crippen molar-refractivity contribution in [1.82, 2.24) is 9.97 Å². The van der Waals surface area contributed by atoms with Crippen molar-refractivity contribution >= 4 is 17.5 Å². The Balaban J connectivity index is 1.61. The molecule has 0 atom stereocenters. The molecule has 0 amide bonds. The van der Waals surface area contributed by atoms with Crippen molar-refractivity contribution in [3.05, 3.63) is 77.0 Å². The van der Waals surface area contributed by atoms with Crippen LogP contribution >= 0.6 is 0 Å². The van der Waals surface area contributed by atoms with Gasteiger partial charge in [-0.3, -0.25) is 0 Å². The predicted octanol–water partition coefficient (Wildman–Crippen LogP) is 5.19. The zero-order valence-corrected chi connectivity index (χ0v) is 15.7. The van der Waals surface area contributed by atoms with E-state index in [1.54, 1.807) is 0 Å². The third kappa shape index (κ3) is 4.82. The molecule has 134 valence electrons. The molecule has 4 heteroatoms. The van der Waals surface area contributed by atoms with Gasteiger partial charge in [0.15, 0.2) is 0 Å². The fourth-order valence-corrected chi connectivity index (χ4v) is 2.87. The van der Waals surface area contributed by atoms with Crippen molar-refractivity contribution in [1.29, 1.82) is 0 Å². The first-order valence-electron chi connectivity index (χ1n) is 9.08. The minimum atomic E-state index is 0.672. The molecule has 0 saturated heterocycles. The van der Waals surface area contributed by atoms with E-state index in [-0.39, 0.29) is 0 Å². The second kappa shape index (κ2) is 8.48. The molecule has 0 bridgehead atoms. The number of hydrogen-bond donors (Lipinski definition) is 2. The highest BCUT2D eigenvalue weighted by atomic mass is 15.1. The summed E-state index contributed by atoms with van der Waals surface area (Å²) in [6.07, 6.45) is 2.09. The van der Waals surface area contributed by atoms with Gasteiger partial charge in [0, 0.05) is 24.0 Å². The van der Waals surface area contributed by atoms with Crippen molar-refractivity contribution in [2.45, 2.75) is 33.6 Å². The SMILES string of the molecule is Cc1cc(Nc2cccc(C)c2C)nc(NCCCc2ccccc2)n1.